The number of nitriles is 2. The van der Waals surface area contributed by atoms with E-state index in [1.54, 1.807) is 24.3 Å². The molecule has 0 radical (unpaired) electrons. The monoisotopic (exact) mass is 444 g/mol. The van der Waals surface area contributed by atoms with Gasteiger partial charge in [0, 0.05) is 18.8 Å². The van der Waals surface area contributed by atoms with Gasteiger partial charge in [-0.05, 0) is 35.9 Å². The average Bonchev–Trinajstić information content (AvgIpc) is 2.86. The second kappa shape index (κ2) is 10.3. The summed E-state index contributed by atoms with van der Waals surface area (Å²) in [6.07, 6.45) is 2.79. The molecule has 1 atom stereocenters. The number of rotatable bonds is 7. The molecule has 9 nitrogen and oxygen atoms in total. The first kappa shape index (κ1) is 23.4. The number of aliphatic hydroxyl groups is 1. The molecule has 0 bridgehead atoms. The molecule has 1 aliphatic carbocycles. The summed E-state index contributed by atoms with van der Waals surface area (Å²) < 4.78 is 10.8. The SMILES string of the molecule is COc1ccccc1N(C)C(=O)C1=CC(c2cnc(C#N)cc2C#N)=CC(=O)C1OCCO. The number of para-hydroxylation sites is 2. The number of aromatic nitrogens is 1. The van der Waals surface area contributed by atoms with E-state index in [9.17, 15) is 14.9 Å². The summed E-state index contributed by atoms with van der Waals surface area (Å²) in [5.74, 6) is -0.588. The van der Waals surface area contributed by atoms with Crippen molar-refractivity contribution in [2.45, 2.75) is 6.10 Å². The highest BCUT2D eigenvalue weighted by Gasteiger charge is 2.34. The zero-order valence-corrected chi connectivity index (χ0v) is 18.0. The fourth-order valence-corrected chi connectivity index (χ4v) is 3.39. The van der Waals surface area contributed by atoms with Gasteiger partial charge in [0.1, 0.15) is 17.5 Å². The molecule has 1 heterocycles. The van der Waals surface area contributed by atoms with Gasteiger partial charge in [0.25, 0.3) is 5.91 Å². The van der Waals surface area contributed by atoms with Crippen LogP contribution in [-0.2, 0) is 14.3 Å². The van der Waals surface area contributed by atoms with Gasteiger partial charge in [-0.25, -0.2) is 4.98 Å². The summed E-state index contributed by atoms with van der Waals surface area (Å²) in [7, 11) is 3.02. The largest absolute Gasteiger partial charge is 0.495 e. The number of amides is 1. The third-order valence-corrected chi connectivity index (χ3v) is 4.97. The van der Waals surface area contributed by atoms with Gasteiger partial charge in [-0.2, -0.15) is 10.5 Å². The first-order chi connectivity index (χ1) is 15.9. The standard InChI is InChI=1S/C24H20N4O5/c1-28(20-5-3-4-6-22(20)32-2)24(31)18-10-15(11-21(30)23(18)33-8-7-29)19-14-27-17(13-26)9-16(19)12-25/h3-6,9-11,14,23,29H,7-8H2,1-2H3. The van der Waals surface area contributed by atoms with Crippen molar-refractivity contribution >= 4 is 23.0 Å². The van der Waals surface area contributed by atoms with Gasteiger partial charge in [0.2, 0.25) is 0 Å². The summed E-state index contributed by atoms with van der Waals surface area (Å²) in [5.41, 5.74) is 1.28. The Morgan fingerprint density at radius 3 is 2.67 bits per heavy atom. The molecule has 9 heteroatoms. The molecule has 1 unspecified atom stereocenters. The number of ketones is 1. The predicted molar refractivity (Wildman–Crippen MR) is 118 cm³/mol. The normalized spacial score (nSPS) is 15.1. The van der Waals surface area contributed by atoms with Crippen LogP contribution in [0.3, 0.4) is 0 Å². The fourth-order valence-electron chi connectivity index (χ4n) is 3.39. The van der Waals surface area contributed by atoms with Crippen molar-refractivity contribution < 1.29 is 24.2 Å². The highest BCUT2D eigenvalue weighted by atomic mass is 16.5. The van der Waals surface area contributed by atoms with Crippen LogP contribution >= 0.6 is 0 Å². The molecule has 166 valence electrons. The Labute approximate surface area is 190 Å². The van der Waals surface area contributed by atoms with Gasteiger partial charge in [0.15, 0.2) is 11.9 Å². The molecule has 0 spiro atoms. The van der Waals surface area contributed by atoms with Crippen LogP contribution in [0.5, 0.6) is 5.75 Å². The van der Waals surface area contributed by atoms with Crippen molar-refractivity contribution in [1.82, 2.24) is 4.98 Å². The molecular weight excluding hydrogens is 424 g/mol. The van der Waals surface area contributed by atoms with Crippen molar-refractivity contribution in [1.29, 1.82) is 10.5 Å². The van der Waals surface area contributed by atoms with E-state index in [1.165, 1.54) is 43.5 Å². The number of anilines is 1. The predicted octanol–water partition coefficient (Wildman–Crippen LogP) is 1.77. The first-order valence-corrected chi connectivity index (χ1v) is 9.86. The molecule has 1 N–H and O–H groups in total. The second-order valence-electron chi connectivity index (χ2n) is 6.95. The number of hydrogen-bond donors (Lipinski definition) is 1. The molecule has 2 aromatic rings. The van der Waals surface area contributed by atoms with Gasteiger partial charge in [-0.1, -0.05) is 12.1 Å². The Kier molecular flexibility index (Phi) is 7.31. The third-order valence-electron chi connectivity index (χ3n) is 4.97. The molecule has 0 aliphatic heterocycles. The van der Waals surface area contributed by atoms with E-state index in [1.807, 2.05) is 12.1 Å². The fraction of sp³-hybridized carbons (Fsp3) is 0.208. The minimum atomic E-state index is -1.23. The lowest BCUT2D eigenvalue weighted by Gasteiger charge is -2.27. The number of carbonyl (C=O) groups excluding carboxylic acids is 2. The van der Waals surface area contributed by atoms with E-state index in [0.29, 0.717) is 17.0 Å². The number of aliphatic hydroxyl groups excluding tert-OH is 1. The minimum absolute atomic E-state index is 0.0209. The van der Waals surface area contributed by atoms with E-state index in [-0.39, 0.29) is 35.6 Å². The number of benzene rings is 1. The number of methoxy groups -OCH3 is 1. The highest BCUT2D eigenvalue weighted by Crippen LogP contribution is 2.32. The number of carbonyl (C=O) groups is 2. The first-order valence-electron chi connectivity index (χ1n) is 9.86. The summed E-state index contributed by atoms with van der Waals surface area (Å²) >= 11 is 0. The van der Waals surface area contributed by atoms with Crippen molar-refractivity contribution in [3.63, 3.8) is 0 Å². The molecule has 3 rings (SSSR count). The van der Waals surface area contributed by atoms with Crippen LogP contribution in [0.4, 0.5) is 5.69 Å². The van der Waals surface area contributed by atoms with Crippen LogP contribution in [0.25, 0.3) is 5.57 Å². The van der Waals surface area contributed by atoms with Crippen LogP contribution in [-0.4, -0.2) is 55.3 Å². The molecule has 33 heavy (non-hydrogen) atoms. The highest BCUT2D eigenvalue weighted by molar-refractivity contribution is 6.17. The van der Waals surface area contributed by atoms with Gasteiger partial charge in [-0.3, -0.25) is 9.59 Å². The number of hydrogen-bond acceptors (Lipinski definition) is 8. The Bertz CT molecular complexity index is 1240. The molecule has 1 amide bonds. The zero-order chi connectivity index (χ0) is 24.0. The Balaban J connectivity index is 2.09. The van der Waals surface area contributed by atoms with Crippen LogP contribution in [0.15, 0.2) is 54.3 Å². The number of ether oxygens (including phenoxy) is 2. The van der Waals surface area contributed by atoms with Gasteiger partial charge in [-0.15, -0.1) is 0 Å². The van der Waals surface area contributed by atoms with Crippen molar-refractivity contribution in [2.75, 3.05) is 32.3 Å². The smallest absolute Gasteiger partial charge is 0.257 e. The molecule has 1 aliphatic rings. The van der Waals surface area contributed by atoms with Gasteiger partial charge < -0.3 is 19.5 Å². The number of likely N-dealkylation sites (N-methyl/N-ethyl adjacent to an activating group) is 1. The average molecular weight is 444 g/mol. The maximum Gasteiger partial charge on any atom is 0.257 e. The third kappa shape index (κ3) is 4.80. The summed E-state index contributed by atoms with van der Waals surface area (Å²) in [4.78, 5) is 31.7. The lowest BCUT2D eigenvalue weighted by atomic mass is 9.89. The Morgan fingerprint density at radius 2 is 2.00 bits per heavy atom. The van der Waals surface area contributed by atoms with Crippen LogP contribution in [0.1, 0.15) is 16.8 Å². The molecule has 1 aromatic heterocycles. The van der Waals surface area contributed by atoms with Gasteiger partial charge >= 0.3 is 0 Å². The summed E-state index contributed by atoms with van der Waals surface area (Å²) in [6.45, 7) is -0.479. The van der Waals surface area contributed by atoms with E-state index in [0.717, 1.165) is 0 Å². The minimum Gasteiger partial charge on any atom is -0.495 e. The maximum atomic E-state index is 13.5. The van der Waals surface area contributed by atoms with E-state index in [4.69, 9.17) is 19.8 Å². The van der Waals surface area contributed by atoms with Crippen LogP contribution < -0.4 is 9.64 Å². The lowest BCUT2D eigenvalue weighted by Crippen LogP contribution is -2.39. The number of pyridine rings is 1. The molecule has 0 saturated heterocycles. The van der Waals surface area contributed by atoms with E-state index >= 15 is 0 Å². The Morgan fingerprint density at radius 1 is 1.24 bits per heavy atom. The summed E-state index contributed by atoms with van der Waals surface area (Å²) in [6, 6.07) is 12.1. The van der Waals surface area contributed by atoms with Gasteiger partial charge in [0.05, 0.1) is 43.2 Å². The number of allylic oxidation sites excluding steroid dienone is 2. The van der Waals surface area contributed by atoms with Crippen molar-refractivity contribution in [3.8, 4) is 17.9 Å². The number of nitrogens with zero attached hydrogens (tertiary/aromatic N) is 4. The van der Waals surface area contributed by atoms with Crippen molar-refractivity contribution in [3.05, 3.63) is 71.1 Å². The molecule has 0 fully saturated rings. The topological polar surface area (TPSA) is 137 Å². The lowest BCUT2D eigenvalue weighted by molar-refractivity contribution is -0.127. The quantitative estimate of drug-likeness (QED) is 0.682. The molecule has 0 saturated carbocycles. The van der Waals surface area contributed by atoms with Crippen LogP contribution in [0, 0.1) is 22.7 Å². The zero-order valence-electron chi connectivity index (χ0n) is 18.0. The Hall–Kier alpha value is -4.31. The van der Waals surface area contributed by atoms with E-state index < -0.39 is 17.8 Å². The maximum absolute atomic E-state index is 13.5. The van der Waals surface area contributed by atoms with E-state index in [2.05, 4.69) is 4.98 Å². The molecular formula is C24H20N4O5. The summed E-state index contributed by atoms with van der Waals surface area (Å²) in [5, 5.41) is 27.7. The second-order valence-corrected chi connectivity index (χ2v) is 6.95. The van der Waals surface area contributed by atoms with Crippen molar-refractivity contribution in [2.24, 2.45) is 0 Å². The molecule has 1 aromatic carbocycles. The van der Waals surface area contributed by atoms with Crippen LogP contribution in [0.2, 0.25) is 0 Å².